The fourth-order valence-corrected chi connectivity index (χ4v) is 5.37. The third-order valence-corrected chi connectivity index (χ3v) is 7.74. The van der Waals surface area contributed by atoms with Crippen LogP contribution in [0.4, 0.5) is 8.78 Å². The van der Waals surface area contributed by atoms with E-state index in [1.54, 1.807) is 6.20 Å². The molecule has 0 bridgehead atoms. The summed E-state index contributed by atoms with van der Waals surface area (Å²) in [5.41, 5.74) is 6.50. The zero-order valence-electron chi connectivity index (χ0n) is 25.4. The van der Waals surface area contributed by atoms with Crippen LogP contribution in [0, 0.1) is 34.8 Å². The van der Waals surface area contributed by atoms with Crippen LogP contribution in [0.15, 0.2) is 77.0 Å². The molecule has 1 aliphatic heterocycles. The number of rotatable bonds is 14. The lowest BCUT2D eigenvalue weighted by Crippen LogP contribution is -2.15. The Bertz CT molecular complexity index is 1690. The Hall–Kier alpha value is -4.74. The van der Waals surface area contributed by atoms with E-state index in [9.17, 15) is 9.18 Å². The summed E-state index contributed by atoms with van der Waals surface area (Å²) < 4.78 is 34.8. The van der Waals surface area contributed by atoms with Crippen molar-refractivity contribution in [3.05, 3.63) is 106 Å². The third kappa shape index (κ3) is 8.46. The maximum absolute atomic E-state index is 15.0. The molecule has 1 heterocycles. The van der Waals surface area contributed by atoms with E-state index in [2.05, 4.69) is 12.0 Å². The van der Waals surface area contributed by atoms with Crippen molar-refractivity contribution in [1.82, 2.24) is 0 Å². The standard InChI is InChI=1S/C37H37F2N3O3/c1-3-18-45-34-15-14-32(35(38)36(34)39)28-21-27-9-7-5-6-8-26(37(27)42-23-28)20-24-10-13-31(25(4-2)19-24)33(44)22-30(41)12-11-29(40)16-17-43/h1,5,7-10,13-15,19,23,40-41,43H,4,6,11-12,16-18,20-22H2,2H3/b7-5-,26-8+,27-9-,40-29?,41-30?. The second kappa shape index (κ2) is 15.8. The van der Waals surface area contributed by atoms with Crippen molar-refractivity contribution in [2.75, 3.05) is 13.2 Å². The first-order valence-corrected chi connectivity index (χ1v) is 15.0. The molecule has 2 aromatic carbocycles. The fraction of sp³-hybridized carbons (Fsp3) is 0.297. The van der Waals surface area contributed by atoms with Gasteiger partial charge in [0, 0.05) is 54.6 Å². The highest BCUT2D eigenvalue weighted by molar-refractivity contribution is 6.15. The van der Waals surface area contributed by atoms with Gasteiger partial charge in [0.1, 0.15) is 6.61 Å². The second-order valence-corrected chi connectivity index (χ2v) is 10.9. The molecule has 0 saturated carbocycles. The molecule has 0 unspecified atom stereocenters. The molecule has 1 aliphatic carbocycles. The van der Waals surface area contributed by atoms with Crippen molar-refractivity contribution < 1.29 is 23.4 Å². The number of benzene rings is 2. The van der Waals surface area contributed by atoms with E-state index in [4.69, 9.17) is 32.1 Å². The van der Waals surface area contributed by atoms with Crippen molar-refractivity contribution >= 4 is 28.5 Å². The molecule has 6 nitrogen and oxygen atoms in total. The first-order chi connectivity index (χ1) is 21.7. The minimum absolute atomic E-state index is 0.00101. The summed E-state index contributed by atoms with van der Waals surface area (Å²) in [6.45, 7) is 1.74. The molecule has 0 radical (unpaired) electrons. The van der Waals surface area contributed by atoms with Crippen LogP contribution in [0.1, 0.15) is 72.5 Å². The summed E-state index contributed by atoms with van der Waals surface area (Å²) in [5.74, 6) is -0.210. The summed E-state index contributed by atoms with van der Waals surface area (Å²) in [6.07, 6.45) is 18.1. The Kier molecular flexibility index (Phi) is 11.7. The molecule has 232 valence electrons. The monoisotopic (exact) mass is 609 g/mol. The van der Waals surface area contributed by atoms with Gasteiger partial charge >= 0.3 is 0 Å². The number of carbonyl (C=O) groups is 1. The number of ether oxygens (including phenoxy) is 1. The van der Waals surface area contributed by atoms with Gasteiger partial charge in [0.15, 0.2) is 17.3 Å². The lowest BCUT2D eigenvalue weighted by atomic mass is 9.86. The number of hydrogen-bond donors (Lipinski definition) is 3. The van der Waals surface area contributed by atoms with Crippen LogP contribution in [0.5, 0.6) is 5.75 Å². The molecule has 3 N–H and O–H groups in total. The van der Waals surface area contributed by atoms with Crippen LogP contribution in [0.3, 0.4) is 0 Å². The van der Waals surface area contributed by atoms with Crippen molar-refractivity contribution in [3.63, 3.8) is 0 Å². The normalized spacial score (nSPS) is 17.1. The van der Waals surface area contributed by atoms with Gasteiger partial charge in [-0.2, -0.15) is 4.39 Å². The molecule has 0 fully saturated rings. The Morgan fingerprint density at radius 3 is 2.64 bits per heavy atom. The molecule has 0 aromatic heterocycles. The molecule has 0 spiro atoms. The number of allylic oxidation sites excluding steroid dienone is 7. The van der Waals surface area contributed by atoms with Gasteiger partial charge in [0.25, 0.3) is 0 Å². The molecule has 4 rings (SSSR count). The number of ketones is 1. The van der Waals surface area contributed by atoms with Crippen molar-refractivity contribution in [2.45, 2.75) is 58.3 Å². The summed E-state index contributed by atoms with van der Waals surface area (Å²) in [5, 5.41) is 25.0. The number of halogens is 2. The SMILES string of the molecule is C#CCOc1ccc(C2=CN=C3/C(=C\C=C/C/C=C/3Cc3ccc(C(=O)CC(=N)CCC(=N)CCO)c(CC)c3)C2)c(F)c1F. The van der Waals surface area contributed by atoms with Crippen LogP contribution in [-0.2, 0) is 12.8 Å². The van der Waals surface area contributed by atoms with E-state index in [-0.39, 0.29) is 48.9 Å². The van der Waals surface area contributed by atoms with Gasteiger partial charge in [-0.15, -0.1) is 6.42 Å². The highest BCUT2D eigenvalue weighted by Crippen LogP contribution is 2.35. The summed E-state index contributed by atoms with van der Waals surface area (Å²) >= 11 is 0. The van der Waals surface area contributed by atoms with Gasteiger partial charge in [-0.05, 0) is 72.1 Å². The summed E-state index contributed by atoms with van der Waals surface area (Å²) in [7, 11) is 0. The number of carbonyl (C=O) groups excluding carboxylic acids is 1. The molecule has 0 saturated heterocycles. The molecule has 8 heteroatoms. The quantitative estimate of drug-likeness (QED) is 0.117. The van der Waals surface area contributed by atoms with Gasteiger partial charge in [-0.1, -0.05) is 55.3 Å². The van der Waals surface area contributed by atoms with E-state index in [0.29, 0.717) is 55.4 Å². The predicted octanol–water partition coefficient (Wildman–Crippen LogP) is 7.56. The number of aliphatic imine (C=N–C) groups is 1. The average Bonchev–Trinajstić information content (AvgIpc) is 3.02. The maximum Gasteiger partial charge on any atom is 0.201 e. The van der Waals surface area contributed by atoms with Crippen LogP contribution in [0.25, 0.3) is 5.57 Å². The van der Waals surface area contributed by atoms with E-state index in [1.807, 2.05) is 43.4 Å². The van der Waals surface area contributed by atoms with Crippen LogP contribution in [0.2, 0.25) is 0 Å². The highest BCUT2D eigenvalue weighted by atomic mass is 19.2. The van der Waals surface area contributed by atoms with E-state index < -0.39 is 11.6 Å². The maximum atomic E-state index is 15.0. The minimum Gasteiger partial charge on any atom is -0.478 e. The highest BCUT2D eigenvalue weighted by Gasteiger charge is 2.24. The Morgan fingerprint density at radius 1 is 1.09 bits per heavy atom. The molecule has 45 heavy (non-hydrogen) atoms. The number of aliphatic hydroxyl groups excluding tert-OH is 1. The predicted molar refractivity (Wildman–Crippen MR) is 175 cm³/mol. The van der Waals surface area contributed by atoms with Gasteiger partial charge in [-0.25, -0.2) is 4.39 Å². The summed E-state index contributed by atoms with van der Waals surface area (Å²) in [6, 6.07) is 8.63. The molecule has 0 atom stereocenters. The lowest BCUT2D eigenvalue weighted by Gasteiger charge is -2.22. The first-order valence-electron chi connectivity index (χ1n) is 15.0. The molecule has 0 amide bonds. The Morgan fingerprint density at radius 2 is 1.89 bits per heavy atom. The van der Waals surface area contributed by atoms with Gasteiger partial charge in [-0.3, -0.25) is 9.79 Å². The topological polar surface area (TPSA) is 107 Å². The van der Waals surface area contributed by atoms with Gasteiger partial charge < -0.3 is 20.7 Å². The van der Waals surface area contributed by atoms with E-state index >= 15 is 4.39 Å². The van der Waals surface area contributed by atoms with Crippen LogP contribution in [-0.4, -0.2) is 41.2 Å². The summed E-state index contributed by atoms with van der Waals surface area (Å²) in [4.78, 5) is 17.8. The number of aliphatic hydroxyl groups is 1. The number of terminal acetylenes is 1. The van der Waals surface area contributed by atoms with Gasteiger partial charge in [0.2, 0.25) is 5.82 Å². The Balaban J connectivity index is 1.53. The number of nitrogens with one attached hydrogen (secondary N) is 2. The van der Waals surface area contributed by atoms with Gasteiger partial charge in [0.05, 0.1) is 5.71 Å². The third-order valence-electron chi connectivity index (χ3n) is 7.74. The largest absolute Gasteiger partial charge is 0.478 e. The number of fused-ring (bicyclic) bond motifs is 1. The Labute approximate surface area is 263 Å². The van der Waals surface area contributed by atoms with Crippen LogP contribution >= 0.6 is 0 Å². The number of Topliss-reactive ketones (excluding diaryl/α,β-unsaturated/α-hetero) is 1. The van der Waals surface area contributed by atoms with Crippen molar-refractivity contribution in [3.8, 4) is 18.1 Å². The lowest BCUT2D eigenvalue weighted by molar-refractivity contribution is 0.0999. The number of nitrogens with zero attached hydrogens (tertiary/aromatic N) is 1. The second-order valence-electron chi connectivity index (χ2n) is 10.9. The fourth-order valence-electron chi connectivity index (χ4n) is 5.37. The minimum atomic E-state index is -1.09. The van der Waals surface area contributed by atoms with E-state index in [0.717, 1.165) is 28.0 Å². The van der Waals surface area contributed by atoms with Crippen molar-refractivity contribution in [2.24, 2.45) is 4.99 Å². The average molecular weight is 610 g/mol. The number of hydrogen-bond acceptors (Lipinski definition) is 6. The molecular weight excluding hydrogens is 572 g/mol. The smallest absolute Gasteiger partial charge is 0.201 e. The number of aryl methyl sites for hydroxylation is 1. The zero-order valence-corrected chi connectivity index (χ0v) is 25.4. The zero-order chi connectivity index (χ0) is 32.3. The van der Waals surface area contributed by atoms with E-state index in [1.165, 1.54) is 12.1 Å². The van der Waals surface area contributed by atoms with Crippen LogP contribution < -0.4 is 4.74 Å². The van der Waals surface area contributed by atoms with Crippen molar-refractivity contribution in [1.29, 1.82) is 10.8 Å². The molecular formula is C37H37F2N3O3. The molecule has 2 aliphatic rings. The first kappa shape index (κ1) is 33.2. The molecule has 2 aromatic rings.